The number of rotatable bonds is 4. The molecule has 0 aromatic carbocycles. The molecule has 102 valence electrons. The monoisotopic (exact) mass is 350 g/mol. The van der Waals surface area contributed by atoms with Gasteiger partial charge in [-0.2, -0.15) is 28.6 Å². The van der Waals surface area contributed by atoms with Crippen LogP contribution in [0.15, 0.2) is 10.7 Å². The van der Waals surface area contributed by atoms with Crippen LogP contribution in [0.3, 0.4) is 0 Å². The second-order valence-corrected chi connectivity index (χ2v) is 7.87. The quantitative estimate of drug-likeness (QED) is 0.645. The van der Waals surface area contributed by atoms with E-state index in [1.807, 2.05) is 34.4 Å². The van der Waals surface area contributed by atoms with Gasteiger partial charge in [0.2, 0.25) is 0 Å². The summed E-state index contributed by atoms with van der Waals surface area (Å²) < 4.78 is 3.05. The average molecular weight is 351 g/mol. The van der Waals surface area contributed by atoms with Crippen LogP contribution in [0.5, 0.6) is 0 Å². The fourth-order valence-corrected chi connectivity index (χ4v) is 5.72. The van der Waals surface area contributed by atoms with Crippen LogP contribution in [-0.4, -0.2) is 31.8 Å². The van der Waals surface area contributed by atoms with Gasteiger partial charge in [0.1, 0.15) is 0 Å². The first-order valence-electron chi connectivity index (χ1n) is 6.09. The first kappa shape index (κ1) is 14.7. The molecule has 18 heavy (non-hydrogen) atoms. The molecule has 1 aromatic heterocycles. The lowest BCUT2D eigenvalue weighted by atomic mass is 10.1. The Balaban J connectivity index is 2.29. The zero-order valence-electron chi connectivity index (χ0n) is 10.6. The number of nitrogens with two attached hydrogens (primary N) is 1. The maximum absolute atomic E-state index is 5.81. The van der Waals surface area contributed by atoms with Crippen LogP contribution in [0.25, 0.3) is 0 Å². The van der Waals surface area contributed by atoms with Crippen LogP contribution < -0.4 is 11.3 Å². The van der Waals surface area contributed by atoms with Gasteiger partial charge in [-0.05, 0) is 22.9 Å². The molecule has 2 rings (SSSR count). The summed E-state index contributed by atoms with van der Waals surface area (Å²) in [7, 11) is 0. The van der Waals surface area contributed by atoms with Crippen molar-refractivity contribution in [1.82, 2.24) is 15.2 Å². The van der Waals surface area contributed by atoms with Crippen molar-refractivity contribution in [2.75, 3.05) is 11.5 Å². The molecule has 0 bridgehead atoms. The van der Waals surface area contributed by atoms with Crippen molar-refractivity contribution in [3.05, 3.63) is 16.4 Å². The number of aryl methyl sites for hydroxylation is 1. The molecule has 7 heteroatoms. The molecule has 1 saturated heterocycles. The summed E-state index contributed by atoms with van der Waals surface area (Å²) in [5, 5.41) is 5.45. The summed E-state index contributed by atoms with van der Waals surface area (Å²) in [5.74, 6) is 8.24. The van der Waals surface area contributed by atoms with E-state index in [0.29, 0.717) is 10.5 Å². The number of thioether (sulfide) groups is 2. The topological polar surface area (TPSA) is 55.9 Å². The number of hydrogen-bond donors (Lipinski definition) is 2. The lowest BCUT2D eigenvalue weighted by molar-refractivity contribution is 0.473. The molecule has 1 aliphatic rings. The first-order valence-corrected chi connectivity index (χ1v) is 8.98. The Morgan fingerprint density at radius 2 is 2.33 bits per heavy atom. The van der Waals surface area contributed by atoms with Crippen LogP contribution in [0.4, 0.5) is 0 Å². The summed E-state index contributed by atoms with van der Waals surface area (Å²) in [4.78, 5) is 0. The molecule has 0 radical (unpaired) electrons. The third kappa shape index (κ3) is 2.90. The molecule has 1 aromatic rings. The lowest BCUT2D eigenvalue weighted by Gasteiger charge is -2.34. The fourth-order valence-electron chi connectivity index (χ4n) is 2.28. The molecule has 4 nitrogen and oxygen atoms in total. The van der Waals surface area contributed by atoms with Crippen LogP contribution in [-0.2, 0) is 6.54 Å². The molecule has 1 aliphatic heterocycles. The Bertz CT molecular complexity index is 398. The number of nitrogens with one attached hydrogen (secondary N) is 1. The Morgan fingerprint density at radius 1 is 1.61 bits per heavy atom. The Hall–Kier alpha value is 0.310. The van der Waals surface area contributed by atoms with Gasteiger partial charge in [-0.25, -0.2) is 0 Å². The average Bonchev–Trinajstić information content (AvgIpc) is 2.74. The van der Waals surface area contributed by atoms with E-state index < -0.39 is 0 Å². The van der Waals surface area contributed by atoms with Gasteiger partial charge in [0, 0.05) is 28.6 Å². The van der Waals surface area contributed by atoms with E-state index in [1.165, 1.54) is 11.5 Å². The van der Waals surface area contributed by atoms with Gasteiger partial charge in [0.05, 0.1) is 22.4 Å². The smallest absolute Gasteiger partial charge is 0.0769 e. The second kappa shape index (κ2) is 6.65. The van der Waals surface area contributed by atoms with E-state index in [0.717, 1.165) is 16.7 Å². The highest BCUT2D eigenvalue weighted by molar-refractivity contribution is 9.10. The zero-order valence-corrected chi connectivity index (χ0v) is 13.8. The zero-order chi connectivity index (χ0) is 13.1. The van der Waals surface area contributed by atoms with Crippen molar-refractivity contribution in [3.63, 3.8) is 0 Å². The van der Waals surface area contributed by atoms with Gasteiger partial charge in [-0.1, -0.05) is 6.92 Å². The van der Waals surface area contributed by atoms with E-state index in [4.69, 9.17) is 5.84 Å². The van der Waals surface area contributed by atoms with Gasteiger partial charge in [-0.15, -0.1) is 0 Å². The third-order valence-corrected chi connectivity index (χ3v) is 6.98. The number of nitrogens with zero attached hydrogens (tertiary/aromatic N) is 2. The number of aromatic nitrogens is 2. The maximum atomic E-state index is 5.81. The van der Waals surface area contributed by atoms with Gasteiger partial charge >= 0.3 is 0 Å². The number of halogens is 1. The molecule has 3 unspecified atom stereocenters. The molecule has 0 saturated carbocycles. The predicted octanol–water partition coefficient (Wildman–Crippen LogP) is 2.41. The molecule has 3 atom stereocenters. The molecular formula is C11H19BrN4S2. The van der Waals surface area contributed by atoms with Crippen molar-refractivity contribution < 1.29 is 0 Å². The van der Waals surface area contributed by atoms with Crippen molar-refractivity contribution in [2.24, 2.45) is 5.84 Å². The maximum Gasteiger partial charge on any atom is 0.0769 e. The van der Waals surface area contributed by atoms with Crippen molar-refractivity contribution in [3.8, 4) is 0 Å². The molecule has 0 amide bonds. The van der Waals surface area contributed by atoms with E-state index >= 15 is 0 Å². The summed E-state index contributed by atoms with van der Waals surface area (Å²) in [5.41, 5.74) is 4.15. The Morgan fingerprint density at radius 3 is 2.94 bits per heavy atom. The van der Waals surface area contributed by atoms with E-state index in [1.54, 1.807) is 0 Å². The summed E-state index contributed by atoms with van der Waals surface area (Å²) in [6.45, 7) is 5.24. The highest BCUT2D eigenvalue weighted by Crippen LogP contribution is 2.39. The normalized spacial score (nSPS) is 26.2. The highest BCUT2D eigenvalue weighted by atomic mass is 79.9. The summed E-state index contributed by atoms with van der Waals surface area (Å²) >= 11 is 7.62. The minimum absolute atomic E-state index is 0.134. The Labute approximate surface area is 125 Å². The largest absolute Gasteiger partial charge is 0.271 e. The molecule has 0 spiro atoms. The fraction of sp³-hybridized carbons (Fsp3) is 0.727. The van der Waals surface area contributed by atoms with Gasteiger partial charge in [0.15, 0.2) is 0 Å². The number of hydrogen-bond acceptors (Lipinski definition) is 5. The van der Waals surface area contributed by atoms with Crippen LogP contribution >= 0.6 is 39.5 Å². The summed E-state index contributed by atoms with van der Waals surface area (Å²) in [6.07, 6.45) is 1.86. The summed E-state index contributed by atoms with van der Waals surface area (Å²) in [6, 6.07) is 0.134. The molecular weight excluding hydrogens is 332 g/mol. The first-order chi connectivity index (χ1) is 8.69. The lowest BCUT2D eigenvalue weighted by Crippen LogP contribution is -2.42. The van der Waals surface area contributed by atoms with Crippen LogP contribution in [0, 0.1) is 0 Å². The predicted molar refractivity (Wildman–Crippen MR) is 83.8 cm³/mol. The molecule has 3 N–H and O–H groups in total. The van der Waals surface area contributed by atoms with Crippen molar-refractivity contribution in [2.45, 2.75) is 36.9 Å². The van der Waals surface area contributed by atoms with E-state index in [9.17, 15) is 0 Å². The highest BCUT2D eigenvalue weighted by Gasteiger charge is 2.33. The van der Waals surface area contributed by atoms with E-state index in [-0.39, 0.29) is 6.04 Å². The van der Waals surface area contributed by atoms with Crippen molar-refractivity contribution >= 4 is 39.5 Å². The minimum Gasteiger partial charge on any atom is -0.271 e. The third-order valence-electron chi connectivity index (χ3n) is 3.17. The van der Waals surface area contributed by atoms with Crippen LogP contribution in [0.2, 0.25) is 0 Å². The SMILES string of the molecule is CCn1ncc(Br)c1C(NN)C1SCCSC1C. The van der Waals surface area contributed by atoms with Crippen molar-refractivity contribution in [1.29, 1.82) is 0 Å². The molecule has 2 heterocycles. The Kier molecular flexibility index (Phi) is 5.44. The van der Waals surface area contributed by atoms with Crippen LogP contribution in [0.1, 0.15) is 25.6 Å². The number of hydrazine groups is 1. The molecule has 1 fully saturated rings. The van der Waals surface area contributed by atoms with Gasteiger partial charge in [-0.3, -0.25) is 16.0 Å². The van der Waals surface area contributed by atoms with Gasteiger partial charge in [0.25, 0.3) is 0 Å². The minimum atomic E-state index is 0.134. The van der Waals surface area contributed by atoms with E-state index in [2.05, 4.69) is 40.3 Å². The van der Waals surface area contributed by atoms with Gasteiger partial charge < -0.3 is 0 Å². The molecule has 0 aliphatic carbocycles. The second-order valence-electron chi connectivity index (χ2n) is 4.25. The standard InChI is InChI=1S/C11H19BrN4S2/c1-3-16-10(8(12)6-14-16)9(15-13)11-7(2)17-4-5-18-11/h6-7,9,11,15H,3-5,13H2,1-2H3.